The van der Waals surface area contributed by atoms with Gasteiger partial charge in [-0.1, -0.05) is 6.07 Å². The first-order valence-corrected chi connectivity index (χ1v) is 7.02. The lowest BCUT2D eigenvalue weighted by atomic mass is 10.1. The van der Waals surface area contributed by atoms with Crippen LogP contribution >= 0.6 is 0 Å². The lowest BCUT2D eigenvalue weighted by molar-refractivity contribution is 0.557. The van der Waals surface area contributed by atoms with Gasteiger partial charge >= 0.3 is 0 Å². The highest BCUT2D eigenvalue weighted by Crippen LogP contribution is 2.24. The SMILES string of the molecule is CCS(=O)(=O)NC1Cc2ccc(N)cc2C1. The summed E-state index contributed by atoms with van der Waals surface area (Å²) in [4.78, 5) is 0. The molecule has 3 N–H and O–H groups in total. The van der Waals surface area contributed by atoms with Crippen molar-refractivity contribution in [3.8, 4) is 0 Å². The summed E-state index contributed by atoms with van der Waals surface area (Å²) >= 11 is 0. The highest BCUT2D eigenvalue weighted by molar-refractivity contribution is 7.89. The molecule has 1 aliphatic rings. The van der Waals surface area contributed by atoms with E-state index in [9.17, 15) is 8.42 Å². The van der Waals surface area contributed by atoms with Gasteiger partial charge in [-0.3, -0.25) is 0 Å². The van der Waals surface area contributed by atoms with Crippen LogP contribution in [0.3, 0.4) is 0 Å². The van der Waals surface area contributed by atoms with Gasteiger partial charge in [0.1, 0.15) is 0 Å². The first kappa shape index (κ1) is 11.4. The number of sulfonamides is 1. The second-order valence-corrected chi connectivity index (χ2v) is 6.20. The molecular weight excluding hydrogens is 224 g/mol. The number of nitrogens with one attached hydrogen (secondary N) is 1. The number of rotatable bonds is 3. The lowest BCUT2D eigenvalue weighted by Crippen LogP contribution is -2.36. The van der Waals surface area contributed by atoms with Crippen LogP contribution in [-0.2, 0) is 22.9 Å². The molecule has 0 fully saturated rings. The number of hydrogen-bond acceptors (Lipinski definition) is 3. The number of hydrogen-bond donors (Lipinski definition) is 2. The molecule has 0 aromatic heterocycles. The van der Waals surface area contributed by atoms with E-state index in [1.807, 2.05) is 18.2 Å². The molecule has 16 heavy (non-hydrogen) atoms. The molecule has 1 unspecified atom stereocenters. The van der Waals surface area contributed by atoms with Gasteiger partial charge in [-0.15, -0.1) is 0 Å². The van der Waals surface area contributed by atoms with Crippen molar-refractivity contribution in [3.63, 3.8) is 0 Å². The molecule has 1 atom stereocenters. The predicted octanol–water partition coefficient (Wildman–Crippen LogP) is 0.675. The Morgan fingerprint density at radius 1 is 1.38 bits per heavy atom. The molecule has 4 nitrogen and oxygen atoms in total. The molecule has 1 aromatic rings. The minimum Gasteiger partial charge on any atom is -0.399 e. The molecule has 1 aliphatic carbocycles. The molecule has 5 heteroatoms. The fourth-order valence-corrected chi connectivity index (χ4v) is 2.90. The minimum absolute atomic E-state index is 0.0123. The summed E-state index contributed by atoms with van der Waals surface area (Å²) in [6, 6.07) is 5.75. The smallest absolute Gasteiger partial charge is 0.211 e. The zero-order valence-corrected chi connectivity index (χ0v) is 10.0. The maximum Gasteiger partial charge on any atom is 0.211 e. The third-order valence-electron chi connectivity index (χ3n) is 2.89. The van der Waals surface area contributed by atoms with E-state index in [1.54, 1.807) is 6.92 Å². The Morgan fingerprint density at radius 3 is 2.75 bits per heavy atom. The van der Waals surface area contributed by atoms with Gasteiger partial charge in [0.05, 0.1) is 5.75 Å². The Morgan fingerprint density at radius 2 is 2.06 bits per heavy atom. The summed E-state index contributed by atoms with van der Waals surface area (Å²) in [6.07, 6.45) is 1.49. The second kappa shape index (κ2) is 4.07. The molecule has 88 valence electrons. The van der Waals surface area contributed by atoms with Gasteiger partial charge in [0.25, 0.3) is 0 Å². The fourth-order valence-electron chi connectivity index (χ4n) is 2.06. The third-order valence-corrected chi connectivity index (χ3v) is 4.34. The molecule has 0 spiro atoms. The largest absolute Gasteiger partial charge is 0.399 e. The van der Waals surface area contributed by atoms with Crippen molar-refractivity contribution in [1.82, 2.24) is 4.72 Å². The van der Waals surface area contributed by atoms with Gasteiger partial charge < -0.3 is 5.73 Å². The zero-order valence-electron chi connectivity index (χ0n) is 9.23. The molecule has 2 rings (SSSR count). The van der Waals surface area contributed by atoms with E-state index in [2.05, 4.69) is 4.72 Å². The van der Waals surface area contributed by atoms with E-state index in [4.69, 9.17) is 5.73 Å². The molecule has 0 heterocycles. The summed E-state index contributed by atoms with van der Waals surface area (Å²) in [5.74, 6) is 0.127. The van der Waals surface area contributed by atoms with Gasteiger partial charge in [0.2, 0.25) is 10.0 Å². The molecule has 0 radical (unpaired) electrons. The molecule has 0 amide bonds. The molecule has 0 saturated heterocycles. The van der Waals surface area contributed by atoms with Gasteiger partial charge in [0, 0.05) is 11.7 Å². The maximum atomic E-state index is 11.4. The first-order chi connectivity index (χ1) is 7.50. The van der Waals surface area contributed by atoms with Crippen molar-refractivity contribution >= 4 is 15.7 Å². The van der Waals surface area contributed by atoms with E-state index in [0.29, 0.717) is 0 Å². The molecule has 0 saturated carbocycles. The average Bonchev–Trinajstić information content (AvgIpc) is 2.58. The van der Waals surface area contributed by atoms with E-state index in [-0.39, 0.29) is 11.8 Å². The van der Waals surface area contributed by atoms with Crippen molar-refractivity contribution < 1.29 is 8.42 Å². The monoisotopic (exact) mass is 240 g/mol. The molecular formula is C11H16N2O2S. The number of nitrogen functional groups attached to an aromatic ring is 1. The number of anilines is 1. The maximum absolute atomic E-state index is 11.4. The van der Waals surface area contributed by atoms with Crippen LogP contribution in [0.1, 0.15) is 18.1 Å². The van der Waals surface area contributed by atoms with Crippen molar-refractivity contribution in [2.75, 3.05) is 11.5 Å². The predicted molar refractivity (Wildman–Crippen MR) is 64.6 cm³/mol. The van der Waals surface area contributed by atoms with Crippen molar-refractivity contribution in [1.29, 1.82) is 0 Å². The minimum atomic E-state index is -3.11. The number of fused-ring (bicyclic) bond motifs is 1. The lowest BCUT2D eigenvalue weighted by Gasteiger charge is -2.10. The Balaban J connectivity index is 2.12. The van der Waals surface area contributed by atoms with Crippen molar-refractivity contribution in [2.24, 2.45) is 0 Å². The zero-order chi connectivity index (χ0) is 11.8. The molecule has 0 aliphatic heterocycles. The normalized spacial score (nSPS) is 19.7. The van der Waals surface area contributed by atoms with E-state index in [0.717, 1.165) is 24.1 Å². The van der Waals surface area contributed by atoms with Crippen molar-refractivity contribution in [3.05, 3.63) is 29.3 Å². The van der Waals surface area contributed by atoms with E-state index in [1.165, 1.54) is 5.56 Å². The van der Waals surface area contributed by atoms with E-state index < -0.39 is 10.0 Å². The summed E-state index contributed by atoms with van der Waals surface area (Å²) < 4.78 is 25.6. The Hall–Kier alpha value is -1.07. The Labute approximate surface area is 95.9 Å². The average molecular weight is 240 g/mol. The number of benzene rings is 1. The standard InChI is InChI=1S/C11H16N2O2S/c1-2-16(14,15)13-11-6-8-3-4-10(12)5-9(8)7-11/h3-5,11,13H,2,6-7,12H2,1H3. The van der Waals surface area contributed by atoms with Crippen LogP contribution in [0.2, 0.25) is 0 Å². The van der Waals surface area contributed by atoms with Crippen LogP contribution in [0.25, 0.3) is 0 Å². The molecule has 1 aromatic carbocycles. The van der Waals surface area contributed by atoms with Crippen LogP contribution < -0.4 is 10.5 Å². The van der Waals surface area contributed by atoms with Gasteiger partial charge in [-0.25, -0.2) is 13.1 Å². The fraction of sp³-hybridized carbons (Fsp3) is 0.455. The van der Waals surface area contributed by atoms with E-state index >= 15 is 0 Å². The van der Waals surface area contributed by atoms with Crippen LogP contribution in [0, 0.1) is 0 Å². The summed E-state index contributed by atoms with van der Waals surface area (Å²) in [7, 11) is -3.11. The highest BCUT2D eigenvalue weighted by atomic mass is 32.2. The topological polar surface area (TPSA) is 72.2 Å². The first-order valence-electron chi connectivity index (χ1n) is 5.37. The van der Waals surface area contributed by atoms with Crippen LogP contribution in [-0.4, -0.2) is 20.2 Å². The second-order valence-electron chi connectivity index (χ2n) is 4.15. The summed E-state index contributed by atoms with van der Waals surface area (Å²) in [6.45, 7) is 1.64. The van der Waals surface area contributed by atoms with Crippen LogP contribution in [0.4, 0.5) is 5.69 Å². The summed E-state index contributed by atoms with van der Waals surface area (Å²) in [5.41, 5.74) is 8.77. The third kappa shape index (κ3) is 2.36. The quantitative estimate of drug-likeness (QED) is 0.763. The van der Waals surface area contributed by atoms with Crippen LogP contribution in [0.15, 0.2) is 18.2 Å². The van der Waals surface area contributed by atoms with Gasteiger partial charge in [-0.2, -0.15) is 0 Å². The van der Waals surface area contributed by atoms with Gasteiger partial charge in [0.15, 0.2) is 0 Å². The Bertz CT molecular complexity index is 497. The van der Waals surface area contributed by atoms with Crippen LogP contribution in [0.5, 0.6) is 0 Å². The summed E-state index contributed by atoms with van der Waals surface area (Å²) in [5, 5.41) is 0. The Kier molecular flexibility index (Phi) is 2.90. The number of nitrogens with two attached hydrogens (primary N) is 1. The van der Waals surface area contributed by atoms with Crippen molar-refractivity contribution in [2.45, 2.75) is 25.8 Å². The molecule has 0 bridgehead atoms. The highest BCUT2D eigenvalue weighted by Gasteiger charge is 2.24. The van der Waals surface area contributed by atoms with Gasteiger partial charge in [-0.05, 0) is 43.0 Å².